The zero-order valence-electron chi connectivity index (χ0n) is 11.6. The number of hydrogen-bond acceptors (Lipinski definition) is 2. The maximum Gasteiger partial charge on any atom is 0.222 e. The molecule has 0 N–H and O–H groups in total. The lowest BCUT2D eigenvalue weighted by Gasteiger charge is -2.38. The summed E-state index contributed by atoms with van der Waals surface area (Å²) in [6, 6.07) is 9.39. The van der Waals surface area contributed by atoms with Crippen molar-refractivity contribution in [2.24, 2.45) is 0 Å². The largest absolute Gasteiger partial charge is 0.340 e. The Balaban J connectivity index is 1.65. The molecule has 0 bridgehead atoms. The molecule has 3 rings (SSSR count). The molecule has 0 spiro atoms. The maximum atomic E-state index is 11.7. The predicted molar refractivity (Wildman–Crippen MR) is 75.9 cm³/mol. The number of rotatable bonds is 2. The highest BCUT2D eigenvalue weighted by Crippen LogP contribution is 2.35. The van der Waals surface area contributed by atoms with Crippen molar-refractivity contribution >= 4 is 5.91 Å². The second-order valence-electron chi connectivity index (χ2n) is 5.52. The Bertz CT molecular complexity index is 464. The first-order valence-corrected chi connectivity index (χ1v) is 7.39. The molecule has 0 radical (unpaired) electrons. The monoisotopic (exact) mass is 258 g/mol. The van der Waals surface area contributed by atoms with Gasteiger partial charge in [-0.2, -0.15) is 0 Å². The number of piperazine rings is 1. The molecular weight excluding hydrogens is 236 g/mol. The van der Waals surface area contributed by atoms with Crippen LogP contribution in [0.4, 0.5) is 0 Å². The van der Waals surface area contributed by atoms with Crippen LogP contribution in [-0.4, -0.2) is 41.9 Å². The van der Waals surface area contributed by atoms with Crippen LogP contribution in [-0.2, 0) is 11.2 Å². The first-order chi connectivity index (χ1) is 9.29. The van der Waals surface area contributed by atoms with E-state index in [0.717, 1.165) is 26.2 Å². The first kappa shape index (κ1) is 12.7. The molecule has 1 amide bonds. The summed E-state index contributed by atoms with van der Waals surface area (Å²) in [4.78, 5) is 16.3. The topological polar surface area (TPSA) is 23.6 Å². The van der Waals surface area contributed by atoms with E-state index < -0.39 is 0 Å². The van der Waals surface area contributed by atoms with E-state index in [1.54, 1.807) is 0 Å². The fraction of sp³-hybridized carbons (Fsp3) is 0.562. The molecule has 2 aliphatic rings. The molecular formula is C16H22N2O. The zero-order valence-corrected chi connectivity index (χ0v) is 11.6. The molecule has 1 aliphatic heterocycles. The lowest BCUT2D eigenvalue weighted by Crippen LogP contribution is -2.49. The van der Waals surface area contributed by atoms with Gasteiger partial charge in [-0.1, -0.05) is 31.2 Å². The van der Waals surface area contributed by atoms with Crippen molar-refractivity contribution in [3.8, 4) is 0 Å². The van der Waals surface area contributed by atoms with Gasteiger partial charge >= 0.3 is 0 Å². The molecule has 1 unspecified atom stereocenters. The Kier molecular flexibility index (Phi) is 3.56. The van der Waals surface area contributed by atoms with Crippen LogP contribution in [0.5, 0.6) is 0 Å². The van der Waals surface area contributed by atoms with Gasteiger partial charge in [0.1, 0.15) is 0 Å². The Morgan fingerprint density at radius 3 is 2.68 bits per heavy atom. The molecule has 1 heterocycles. The van der Waals surface area contributed by atoms with E-state index >= 15 is 0 Å². The summed E-state index contributed by atoms with van der Waals surface area (Å²) in [6.45, 7) is 5.77. The molecule has 1 aromatic rings. The molecule has 0 aromatic heterocycles. The van der Waals surface area contributed by atoms with Crippen molar-refractivity contribution in [1.82, 2.24) is 9.80 Å². The fourth-order valence-electron chi connectivity index (χ4n) is 3.42. The van der Waals surface area contributed by atoms with Gasteiger partial charge in [-0.15, -0.1) is 0 Å². The average molecular weight is 258 g/mol. The molecule has 102 valence electrons. The van der Waals surface area contributed by atoms with Crippen LogP contribution in [0.2, 0.25) is 0 Å². The highest BCUT2D eigenvalue weighted by atomic mass is 16.2. The van der Waals surface area contributed by atoms with Crippen LogP contribution in [0.25, 0.3) is 0 Å². The van der Waals surface area contributed by atoms with Crippen LogP contribution in [0.15, 0.2) is 24.3 Å². The molecule has 1 aromatic carbocycles. The minimum Gasteiger partial charge on any atom is -0.340 e. The van der Waals surface area contributed by atoms with E-state index in [9.17, 15) is 4.79 Å². The number of carbonyl (C=O) groups is 1. The molecule has 1 fully saturated rings. The molecule has 3 nitrogen and oxygen atoms in total. The van der Waals surface area contributed by atoms with Crippen molar-refractivity contribution in [2.75, 3.05) is 26.2 Å². The van der Waals surface area contributed by atoms with Gasteiger partial charge in [0.25, 0.3) is 0 Å². The summed E-state index contributed by atoms with van der Waals surface area (Å²) in [5.74, 6) is 0.298. The average Bonchev–Trinajstić information content (AvgIpc) is 2.90. The molecule has 1 atom stereocenters. The van der Waals surface area contributed by atoms with E-state index in [2.05, 4.69) is 29.2 Å². The highest BCUT2D eigenvalue weighted by Gasteiger charge is 2.30. The van der Waals surface area contributed by atoms with Gasteiger partial charge in [0.05, 0.1) is 0 Å². The number of nitrogens with zero attached hydrogens (tertiary/aromatic N) is 2. The van der Waals surface area contributed by atoms with Crippen molar-refractivity contribution in [1.29, 1.82) is 0 Å². The lowest BCUT2D eigenvalue weighted by molar-refractivity contribution is -0.132. The predicted octanol–water partition coefficient (Wildman–Crippen LogP) is 2.23. The van der Waals surface area contributed by atoms with E-state index in [1.807, 2.05) is 11.8 Å². The van der Waals surface area contributed by atoms with Crippen molar-refractivity contribution < 1.29 is 4.79 Å². The second kappa shape index (κ2) is 5.33. The number of carbonyl (C=O) groups excluding carboxylic acids is 1. The fourth-order valence-corrected chi connectivity index (χ4v) is 3.42. The molecule has 3 heteroatoms. The normalized spacial score (nSPS) is 23.4. The maximum absolute atomic E-state index is 11.7. The molecule has 19 heavy (non-hydrogen) atoms. The van der Waals surface area contributed by atoms with E-state index in [4.69, 9.17) is 0 Å². The van der Waals surface area contributed by atoms with E-state index in [-0.39, 0.29) is 0 Å². The van der Waals surface area contributed by atoms with Gasteiger partial charge in [-0.25, -0.2) is 0 Å². The minimum atomic E-state index is 0.298. The Hall–Kier alpha value is -1.35. The first-order valence-electron chi connectivity index (χ1n) is 7.39. The SMILES string of the molecule is CCC(=O)N1CCN(C2CCc3ccccc32)CC1. The zero-order chi connectivity index (χ0) is 13.2. The minimum absolute atomic E-state index is 0.298. The van der Waals surface area contributed by atoms with E-state index in [0.29, 0.717) is 18.4 Å². The van der Waals surface area contributed by atoms with Gasteiger partial charge in [0.2, 0.25) is 5.91 Å². The Morgan fingerprint density at radius 1 is 1.21 bits per heavy atom. The third-order valence-corrected chi connectivity index (χ3v) is 4.51. The van der Waals surface area contributed by atoms with Crippen molar-refractivity contribution in [3.63, 3.8) is 0 Å². The van der Waals surface area contributed by atoms with Gasteiger partial charge in [-0.05, 0) is 24.0 Å². The second-order valence-corrected chi connectivity index (χ2v) is 5.52. The third-order valence-electron chi connectivity index (χ3n) is 4.51. The Morgan fingerprint density at radius 2 is 1.95 bits per heavy atom. The summed E-state index contributed by atoms with van der Waals surface area (Å²) in [7, 11) is 0. The van der Waals surface area contributed by atoms with Crippen LogP contribution in [0, 0.1) is 0 Å². The van der Waals surface area contributed by atoms with Crippen LogP contribution < -0.4 is 0 Å². The highest BCUT2D eigenvalue weighted by molar-refractivity contribution is 5.75. The lowest BCUT2D eigenvalue weighted by atomic mass is 10.1. The van der Waals surface area contributed by atoms with Crippen LogP contribution in [0.3, 0.4) is 0 Å². The summed E-state index contributed by atoms with van der Waals surface area (Å²) in [5, 5.41) is 0. The molecule has 1 aliphatic carbocycles. The summed E-state index contributed by atoms with van der Waals surface area (Å²) in [5.41, 5.74) is 3.03. The summed E-state index contributed by atoms with van der Waals surface area (Å²) < 4.78 is 0. The summed E-state index contributed by atoms with van der Waals surface area (Å²) in [6.07, 6.45) is 3.07. The number of benzene rings is 1. The van der Waals surface area contributed by atoms with E-state index in [1.165, 1.54) is 24.0 Å². The third kappa shape index (κ3) is 2.39. The van der Waals surface area contributed by atoms with Crippen molar-refractivity contribution in [3.05, 3.63) is 35.4 Å². The van der Waals surface area contributed by atoms with Crippen LogP contribution >= 0.6 is 0 Å². The summed E-state index contributed by atoms with van der Waals surface area (Å²) >= 11 is 0. The van der Waals surface area contributed by atoms with Gasteiger partial charge in [0.15, 0.2) is 0 Å². The van der Waals surface area contributed by atoms with Gasteiger partial charge in [0, 0.05) is 38.6 Å². The number of amides is 1. The Labute approximate surface area is 115 Å². The van der Waals surface area contributed by atoms with Gasteiger partial charge in [-0.3, -0.25) is 9.69 Å². The van der Waals surface area contributed by atoms with Crippen LogP contribution in [0.1, 0.15) is 36.9 Å². The quantitative estimate of drug-likeness (QED) is 0.812. The smallest absolute Gasteiger partial charge is 0.222 e. The number of hydrogen-bond donors (Lipinski definition) is 0. The van der Waals surface area contributed by atoms with Gasteiger partial charge < -0.3 is 4.90 Å². The number of fused-ring (bicyclic) bond motifs is 1. The standard InChI is InChI=1S/C16H22N2O/c1-2-16(19)18-11-9-17(10-12-18)15-8-7-13-5-3-4-6-14(13)15/h3-6,15H,2,7-12H2,1H3. The molecule has 0 saturated carbocycles. The number of aryl methyl sites for hydroxylation is 1. The van der Waals surface area contributed by atoms with Crippen molar-refractivity contribution in [2.45, 2.75) is 32.2 Å². The molecule has 1 saturated heterocycles.